The molecular formula is C17H23N3O2. The highest BCUT2D eigenvalue weighted by molar-refractivity contribution is 5.95. The number of rotatable bonds is 5. The van der Waals surface area contributed by atoms with Gasteiger partial charge in [-0.1, -0.05) is 12.1 Å². The van der Waals surface area contributed by atoms with Crippen molar-refractivity contribution < 1.29 is 9.90 Å². The van der Waals surface area contributed by atoms with Crippen molar-refractivity contribution in [3.05, 3.63) is 46.8 Å². The number of aromatic nitrogens is 2. The molecule has 0 bridgehead atoms. The number of carbonyl (C=O) groups is 1. The molecule has 2 aromatic rings. The number of aryl methyl sites for hydroxylation is 2. The lowest BCUT2D eigenvalue weighted by Gasteiger charge is -2.19. The van der Waals surface area contributed by atoms with Gasteiger partial charge in [0.15, 0.2) is 0 Å². The molecule has 5 nitrogen and oxygen atoms in total. The van der Waals surface area contributed by atoms with Crippen LogP contribution in [0.15, 0.2) is 24.4 Å². The van der Waals surface area contributed by atoms with Gasteiger partial charge in [0.25, 0.3) is 5.91 Å². The summed E-state index contributed by atoms with van der Waals surface area (Å²) in [5.74, 6) is -0.0920. The Hall–Kier alpha value is -2.14. The monoisotopic (exact) mass is 301 g/mol. The van der Waals surface area contributed by atoms with Gasteiger partial charge in [-0.15, -0.1) is 0 Å². The number of amides is 1. The van der Waals surface area contributed by atoms with Crippen LogP contribution in [0.4, 0.5) is 0 Å². The highest BCUT2D eigenvalue weighted by atomic mass is 16.3. The molecule has 0 aliphatic heterocycles. The van der Waals surface area contributed by atoms with Crippen LogP contribution in [-0.4, -0.2) is 45.4 Å². The van der Waals surface area contributed by atoms with Crippen molar-refractivity contribution >= 4 is 5.91 Å². The summed E-state index contributed by atoms with van der Waals surface area (Å²) in [4.78, 5) is 14.2. The van der Waals surface area contributed by atoms with Gasteiger partial charge in [-0.05, 0) is 44.9 Å². The van der Waals surface area contributed by atoms with Gasteiger partial charge in [-0.3, -0.25) is 4.79 Å². The van der Waals surface area contributed by atoms with Gasteiger partial charge in [0.1, 0.15) is 0 Å². The van der Waals surface area contributed by atoms with Crippen LogP contribution >= 0.6 is 0 Å². The highest BCUT2D eigenvalue weighted by Gasteiger charge is 2.20. The van der Waals surface area contributed by atoms with Gasteiger partial charge in [-0.2, -0.15) is 5.10 Å². The number of benzene rings is 1. The zero-order chi connectivity index (χ0) is 16.3. The fourth-order valence-corrected chi connectivity index (χ4v) is 2.50. The molecule has 1 aromatic heterocycles. The van der Waals surface area contributed by atoms with Crippen LogP contribution in [0.3, 0.4) is 0 Å². The Morgan fingerprint density at radius 3 is 2.68 bits per heavy atom. The molecule has 0 aliphatic carbocycles. The SMILES string of the molecule is CCN(CCO)C(=O)c1cnn(-c2cc(C)ccc2C)c1C. The predicted octanol–water partition coefficient (Wildman–Crippen LogP) is 2.25. The van der Waals surface area contributed by atoms with Crippen molar-refractivity contribution in [1.29, 1.82) is 0 Å². The molecule has 1 heterocycles. The first kappa shape index (κ1) is 16.2. The highest BCUT2D eigenvalue weighted by Crippen LogP contribution is 2.20. The largest absolute Gasteiger partial charge is 0.395 e. The van der Waals surface area contributed by atoms with Gasteiger partial charge in [-0.25, -0.2) is 4.68 Å². The van der Waals surface area contributed by atoms with E-state index in [9.17, 15) is 4.79 Å². The van der Waals surface area contributed by atoms with E-state index in [1.165, 1.54) is 0 Å². The van der Waals surface area contributed by atoms with Crippen molar-refractivity contribution in [2.24, 2.45) is 0 Å². The zero-order valence-electron chi connectivity index (χ0n) is 13.6. The molecule has 0 fully saturated rings. The predicted molar refractivity (Wildman–Crippen MR) is 86.4 cm³/mol. The molecule has 1 aromatic carbocycles. The summed E-state index contributed by atoms with van der Waals surface area (Å²) in [7, 11) is 0. The Kier molecular flexibility index (Phi) is 4.98. The molecule has 1 amide bonds. The number of carbonyl (C=O) groups excluding carboxylic acids is 1. The summed E-state index contributed by atoms with van der Waals surface area (Å²) in [5, 5.41) is 13.5. The van der Waals surface area contributed by atoms with Crippen LogP contribution < -0.4 is 0 Å². The maximum Gasteiger partial charge on any atom is 0.257 e. The second kappa shape index (κ2) is 6.75. The van der Waals surface area contributed by atoms with Gasteiger partial charge in [0.2, 0.25) is 0 Å². The maximum absolute atomic E-state index is 12.5. The van der Waals surface area contributed by atoms with Crippen molar-refractivity contribution in [2.75, 3.05) is 19.7 Å². The van der Waals surface area contributed by atoms with Crippen LogP contribution in [0.2, 0.25) is 0 Å². The topological polar surface area (TPSA) is 58.4 Å². The third-order valence-electron chi connectivity index (χ3n) is 3.87. The van der Waals surface area contributed by atoms with E-state index in [-0.39, 0.29) is 12.5 Å². The third-order valence-corrected chi connectivity index (χ3v) is 3.87. The average Bonchev–Trinajstić information content (AvgIpc) is 2.88. The molecule has 1 N–H and O–H groups in total. The van der Waals surface area contributed by atoms with E-state index in [2.05, 4.69) is 23.3 Å². The molecule has 0 aliphatic rings. The van der Waals surface area contributed by atoms with Gasteiger partial charge < -0.3 is 10.0 Å². The molecule has 0 saturated carbocycles. The van der Waals surface area contributed by atoms with Crippen molar-refractivity contribution in [3.8, 4) is 5.69 Å². The molecular weight excluding hydrogens is 278 g/mol. The number of hydrogen-bond donors (Lipinski definition) is 1. The van der Waals surface area contributed by atoms with Gasteiger partial charge in [0.05, 0.1) is 29.7 Å². The van der Waals surface area contributed by atoms with Gasteiger partial charge in [0, 0.05) is 13.1 Å². The molecule has 0 radical (unpaired) electrons. The van der Waals surface area contributed by atoms with Crippen LogP contribution in [0.1, 0.15) is 34.1 Å². The van der Waals surface area contributed by atoms with Crippen LogP contribution in [0.5, 0.6) is 0 Å². The molecule has 0 unspecified atom stereocenters. The fourth-order valence-electron chi connectivity index (χ4n) is 2.50. The number of nitrogens with zero attached hydrogens (tertiary/aromatic N) is 3. The third kappa shape index (κ3) is 3.04. The normalized spacial score (nSPS) is 10.8. The second-order valence-electron chi connectivity index (χ2n) is 5.45. The van der Waals surface area contributed by atoms with E-state index in [1.807, 2.05) is 32.4 Å². The Labute approximate surface area is 131 Å². The lowest BCUT2D eigenvalue weighted by molar-refractivity contribution is 0.0731. The van der Waals surface area contributed by atoms with E-state index in [0.29, 0.717) is 18.7 Å². The lowest BCUT2D eigenvalue weighted by atomic mass is 10.1. The Morgan fingerprint density at radius 1 is 1.32 bits per heavy atom. The standard InChI is InChI=1S/C17H23N3O2/c1-5-19(8-9-21)17(22)15-11-18-20(14(15)4)16-10-12(2)6-7-13(16)3/h6-7,10-11,21H,5,8-9H2,1-4H3. The maximum atomic E-state index is 12.5. The number of likely N-dealkylation sites (N-methyl/N-ethyl adjacent to an activating group) is 1. The molecule has 0 spiro atoms. The first-order valence-corrected chi connectivity index (χ1v) is 7.52. The van der Waals surface area contributed by atoms with E-state index in [4.69, 9.17) is 5.11 Å². The molecule has 118 valence electrons. The minimum absolute atomic E-state index is 0.0379. The van der Waals surface area contributed by atoms with Crippen LogP contribution in [0, 0.1) is 20.8 Å². The van der Waals surface area contributed by atoms with E-state index in [0.717, 1.165) is 22.5 Å². The number of hydrogen-bond acceptors (Lipinski definition) is 3. The van der Waals surface area contributed by atoms with Crippen LogP contribution in [-0.2, 0) is 0 Å². The summed E-state index contributed by atoms with van der Waals surface area (Å²) in [6, 6.07) is 6.18. The lowest BCUT2D eigenvalue weighted by Crippen LogP contribution is -2.33. The quantitative estimate of drug-likeness (QED) is 0.921. The number of aliphatic hydroxyl groups excluding tert-OH is 1. The molecule has 5 heteroatoms. The van der Waals surface area contributed by atoms with Gasteiger partial charge >= 0.3 is 0 Å². The van der Waals surface area contributed by atoms with E-state index < -0.39 is 0 Å². The number of aliphatic hydroxyl groups is 1. The van der Waals surface area contributed by atoms with E-state index >= 15 is 0 Å². The summed E-state index contributed by atoms with van der Waals surface area (Å²) < 4.78 is 1.81. The molecule has 22 heavy (non-hydrogen) atoms. The summed E-state index contributed by atoms with van der Waals surface area (Å²) >= 11 is 0. The van der Waals surface area contributed by atoms with Crippen molar-refractivity contribution in [3.63, 3.8) is 0 Å². The van der Waals surface area contributed by atoms with E-state index in [1.54, 1.807) is 11.1 Å². The fraction of sp³-hybridized carbons (Fsp3) is 0.412. The first-order chi connectivity index (χ1) is 10.5. The Morgan fingerprint density at radius 2 is 2.05 bits per heavy atom. The zero-order valence-corrected chi connectivity index (χ0v) is 13.6. The molecule has 2 rings (SSSR count). The average molecular weight is 301 g/mol. The van der Waals surface area contributed by atoms with Crippen LogP contribution in [0.25, 0.3) is 5.69 Å². The summed E-state index contributed by atoms with van der Waals surface area (Å²) in [6.07, 6.45) is 1.61. The first-order valence-electron chi connectivity index (χ1n) is 7.52. The minimum atomic E-state index is -0.0920. The Bertz CT molecular complexity index is 677. The second-order valence-corrected chi connectivity index (χ2v) is 5.45. The van der Waals surface area contributed by atoms with Crippen molar-refractivity contribution in [2.45, 2.75) is 27.7 Å². The molecule has 0 saturated heterocycles. The van der Waals surface area contributed by atoms with Crippen molar-refractivity contribution in [1.82, 2.24) is 14.7 Å². The smallest absolute Gasteiger partial charge is 0.257 e. The molecule has 0 atom stereocenters. The summed E-state index contributed by atoms with van der Waals surface area (Å²) in [6.45, 7) is 8.73. The Balaban J connectivity index is 2.41. The minimum Gasteiger partial charge on any atom is -0.395 e. The summed E-state index contributed by atoms with van der Waals surface area (Å²) in [5.41, 5.74) is 4.64.